The van der Waals surface area contributed by atoms with E-state index in [1.807, 2.05) is 5.38 Å². The largest absolute Gasteiger partial charge is 0.497 e. The van der Waals surface area contributed by atoms with Gasteiger partial charge in [0.05, 0.1) is 39.1 Å². The summed E-state index contributed by atoms with van der Waals surface area (Å²) in [5.41, 5.74) is 1.48. The summed E-state index contributed by atoms with van der Waals surface area (Å²) in [6.07, 6.45) is 0.376. The number of ether oxygens (including phenoxy) is 2. The van der Waals surface area contributed by atoms with E-state index in [0.717, 1.165) is 43.5 Å². The Morgan fingerprint density at radius 2 is 1.93 bits per heavy atom. The van der Waals surface area contributed by atoms with E-state index >= 15 is 0 Å². The van der Waals surface area contributed by atoms with E-state index in [1.54, 1.807) is 54.7 Å². The third-order valence-corrected chi connectivity index (χ3v) is 5.75. The van der Waals surface area contributed by atoms with Crippen molar-refractivity contribution >= 4 is 23.0 Å². The zero-order valence-electron chi connectivity index (χ0n) is 16.9. The minimum atomic E-state index is -0.0606. The lowest BCUT2D eigenvalue weighted by Gasteiger charge is -2.25. The SMILES string of the molecule is COc1ccc(C(=O)CCC(=O)N(C)Cc2csc(CN3CCOCC3)n2)cc1. The van der Waals surface area contributed by atoms with Crippen LogP contribution in [0.5, 0.6) is 5.75 Å². The summed E-state index contributed by atoms with van der Waals surface area (Å²) < 4.78 is 10.5. The van der Waals surface area contributed by atoms with Gasteiger partial charge in [0.15, 0.2) is 5.78 Å². The number of hydrogen-bond acceptors (Lipinski definition) is 7. The second kappa shape index (κ2) is 10.5. The van der Waals surface area contributed by atoms with Crippen LogP contribution >= 0.6 is 11.3 Å². The number of nitrogens with zero attached hydrogens (tertiary/aromatic N) is 3. The molecule has 0 saturated carbocycles. The van der Waals surface area contributed by atoms with Gasteiger partial charge in [-0.15, -0.1) is 11.3 Å². The number of benzene rings is 1. The van der Waals surface area contributed by atoms with Gasteiger partial charge in [-0.25, -0.2) is 4.98 Å². The second-order valence-corrected chi connectivity index (χ2v) is 7.97. The first-order chi connectivity index (χ1) is 14.0. The normalized spacial score (nSPS) is 14.6. The predicted molar refractivity (Wildman–Crippen MR) is 111 cm³/mol. The van der Waals surface area contributed by atoms with Crippen LogP contribution in [0, 0.1) is 0 Å². The number of carbonyl (C=O) groups excluding carboxylic acids is 2. The van der Waals surface area contributed by atoms with Crippen molar-refractivity contribution in [1.82, 2.24) is 14.8 Å². The van der Waals surface area contributed by atoms with Crippen molar-refractivity contribution < 1.29 is 19.1 Å². The first-order valence-corrected chi connectivity index (χ1v) is 10.6. The summed E-state index contributed by atoms with van der Waals surface area (Å²) in [6, 6.07) is 6.94. The number of hydrogen-bond donors (Lipinski definition) is 0. The fourth-order valence-corrected chi connectivity index (χ4v) is 3.93. The fraction of sp³-hybridized carbons (Fsp3) is 0.476. The number of rotatable bonds is 9. The van der Waals surface area contributed by atoms with Crippen molar-refractivity contribution in [3.8, 4) is 5.75 Å². The number of thiazole rings is 1. The van der Waals surface area contributed by atoms with Gasteiger partial charge in [-0.1, -0.05) is 0 Å². The van der Waals surface area contributed by atoms with Crippen molar-refractivity contribution in [3.05, 3.63) is 45.9 Å². The van der Waals surface area contributed by atoms with E-state index in [0.29, 0.717) is 17.9 Å². The van der Waals surface area contributed by atoms with Crippen molar-refractivity contribution in [2.45, 2.75) is 25.9 Å². The predicted octanol–water partition coefficient (Wildman–Crippen LogP) is 2.61. The Hall–Kier alpha value is -2.29. The maximum absolute atomic E-state index is 12.4. The molecule has 2 aromatic rings. The summed E-state index contributed by atoms with van der Waals surface area (Å²) in [5, 5.41) is 3.06. The van der Waals surface area contributed by atoms with Gasteiger partial charge in [0.1, 0.15) is 10.8 Å². The van der Waals surface area contributed by atoms with Gasteiger partial charge in [0.25, 0.3) is 0 Å². The van der Waals surface area contributed by atoms with Crippen LogP contribution in [-0.2, 0) is 22.6 Å². The van der Waals surface area contributed by atoms with Crippen LogP contribution in [-0.4, -0.2) is 66.9 Å². The molecule has 156 valence electrons. The van der Waals surface area contributed by atoms with E-state index in [2.05, 4.69) is 9.88 Å². The first kappa shape index (κ1) is 21.4. The summed E-state index contributed by atoms with van der Waals surface area (Å²) in [6.45, 7) is 4.66. The van der Waals surface area contributed by atoms with Gasteiger partial charge in [0, 0.05) is 43.9 Å². The highest BCUT2D eigenvalue weighted by molar-refractivity contribution is 7.09. The molecule has 0 unspecified atom stereocenters. The second-order valence-electron chi connectivity index (χ2n) is 7.02. The average Bonchev–Trinajstić information content (AvgIpc) is 3.19. The summed E-state index contributed by atoms with van der Waals surface area (Å²) >= 11 is 1.62. The molecule has 0 atom stereocenters. The van der Waals surface area contributed by atoms with Crippen LogP contribution in [0.2, 0.25) is 0 Å². The van der Waals surface area contributed by atoms with Gasteiger partial charge >= 0.3 is 0 Å². The molecule has 2 heterocycles. The van der Waals surface area contributed by atoms with Gasteiger partial charge in [0.2, 0.25) is 5.91 Å². The highest BCUT2D eigenvalue weighted by atomic mass is 32.1. The van der Waals surface area contributed by atoms with Crippen LogP contribution in [0.4, 0.5) is 0 Å². The summed E-state index contributed by atoms with van der Waals surface area (Å²) in [4.78, 5) is 33.3. The van der Waals surface area contributed by atoms with Crippen molar-refractivity contribution in [2.24, 2.45) is 0 Å². The molecule has 29 heavy (non-hydrogen) atoms. The van der Waals surface area contributed by atoms with Gasteiger partial charge in [-0.2, -0.15) is 0 Å². The standard InChI is InChI=1S/C21H27N3O4S/c1-23(13-17-15-29-20(22-17)14-24-9-11-28-12-10-24)21(26)8-7-19(25)16-3-5-18(27-2)6-4-16/h3-6,15H,7-14H2,1-2H3. The van der Waals surface area contributed by atoms with Gasteiger partial charge < -0.3 is 14.4 Å². The Labute approximate surface area is 175 Å². The van der Waals surface area contributed by atoms with E-state index in [-0.39, 0.29) is 24.5 Å². The third kappa shape index (κ3) is 6.35. The molecule has 7 nitrogen and oxygen atoms in total. The smallest absolute Gasteiger partial charge is 0.223 e. The molecule has 1 aromatic carbocycles. The van der Waals surface area contributed by atoms with Crippen LogP contribution in [0.3, 0.4) is 0 Å². The Kier molecular flexibility index (Phi) is 7.74. The molecule has 0 bridgehead atoms. The molecule has 8 heteroatoms. The quantitative estimate of drug-likeness (QED) is 0.584. The first-order valence-electron chi connectivity index (χ1n) is 9.69. The van der Waals surface area contributed by atoms with Crippen LogP contribution < -0.4 is 4.74 Å². The molecule has 0 N–H and O–H groups in total. The van der Waals surface area contributed by atoms with Crippen molar-refractivity contribution in [2.75, 3.05) is 40.5 Å². The molecule has 1 aliphatic rings. The van der Waals surface area contributed by atoms with Crippen molar-refractivity contribution in [3.63, 3.8) is 0 Å². The fourth-order valence-electron chi connectivity index (χ4n) is 3.11. The number of ketones is 1. The number of Topliss-reactive ketones (excluding diaryl/α,β-unsaturated/α-hetero) is 1. The Bertz CT molecular complexity index is 816. The summed E-state index contributed by atoms with van der Waals surface area (Å²) in [7, 11) is 3.33. The van der Waals surface area contributed by atoms with Gasteiger partial charge in [-0.05, 0) is 24.3 Å². The number of morpholine rings is 1. The molecule has 0 aliphatic carbocycles. The van der Waals surface area contributed by atoms with Crippen LogP contribution in [0.25, 0.3) is 0 Å². The maximum Gasteiger partial charge on any atom is 0.223 e. The van der Waals surface area contributed by atoms with Crippen molar-refractivity contribution in [1.29, 1.82) is 0 Å². The van der Waals surface area contributed by atoms with E-state index < -0.39 is 0 Å². The molecular weight excluding hydrogens is 390 g/mol. The molecule has 0 radical (unpaired) electrons. The zero-order valence-corrected chi connectivity index (χ0v) is 17.7. The lowest BCUT2D eigenvalue weighted by atomic mass is 10.1. The monoisotopic (exact) mass is 417 g/mol. The molecule has 1 amide bonds. The Balaban J connectivity index is 1.44. The van der Waals surface area contributed by atoms with Gasteiger partial charge in [-0.3, -0.25) is 14.5 Å². The van der Waals surface area contributed by atoms with E-state index in [9.17, 15) is 9.59 Å². The summed E-state index contributed by atoms with van der Waals surface area (Å²) in [5.74, 6) is 0.596. The van der Waals surface area contributed by atoms with E-state index in [4.69, 9.17) is 9.47 Å². The topological polar surface area (TPSA) is 72.0 Å². The number of aromatic nitrogens is 1. The van der Waals surface area contributed by atoms with E-state index in [1.165, 1.54) is 0 Å². The zero-order chi connectivity index (χ0) is 20.6. The number of carbonyl (C=O) groups is 2. The molecule has 1 aliphatic heterocycles. The number of amides is 1. The average molecular weight is 418 g/mol. The minimum absolute atomic E-state index is 0.0455. The molecule has 1 aromatic heterocycles. The van der Waals surface area contributed by atoms with Crippen LogP contribution in [0.15, 0.2) is 29.6 Å². The Morgan fingerprint density at radius 1 is 1.21 bits per heavy atom. The lowest BCUT2D eigenvalue weighted by Crippen LogP contribution is -2.35. The Morgan fingerprint density at radius 3 is 2.62 bits per heavy atom. The highest BCUT2D eigenvalue weighted by Crippen LogP contribution is 2.16. The molecule has 1 fully saturated rings. The highest BCUT2D eigenvalue weighted by Gasteiger charge is 2.16. The number of methoxy groups -OCH3 is 1. The van der Waals surface area contributed by atoms with Crippen LogP contribution in [0.1, 0.15) is 33.9 Å². The molecule has 3 rings (SSSR count). The minimum Gasteiger partial charge on any atom is -0.497 e. The molecule has 0 spiro atoms. The maximum atomic E-state index is 12.4. The molecular formula is C21H27N3O4S. The molecule has 1 saturated heterocycles. The lowest BCUT2D eigenvalue weighted by molar-refractivity contribution is -0.130. The third-order valence-electron chi connectivity index (χ3n) is 4.86.